The van der Waals surface area contributed by atoms with Crippen LogP contribution in [0.4, 0.5) is 5.13 Å². The number of fused-ring (bicyclic) bond motifs is 1. The van der Waals surface area contributed by atoms with Gasteiger partial charge in [0.2, 0.25) is 17.4 Å². The topological polar surface area (TPSA) is 188 Å². The Kier molecular flexibility index (Phi) is 13.2. The number of esters is 2. The number of unbranched alkanes of at least 4 members (excludes halogenated alkanes) is 4. The first kappa shape index (κ1) is 35.6. The second-order valence-electron chi connectivity index (χ2n) is 11.2. The maximum Gasteiger partial charge on any atom is 0.358 e. The fourth-order valence-corrected chi connectivity index (χ4v) is 7.76. The largest absolute Gasteiger partial charge is 0.425 e. The van der Waals surface area contributed by atoms with Crippen LogP contribution < -0.4 is 11.1 Å². The van der Waals surface area contributed by atoms with E-state index >= 15 is 0 Å². The van der Waals surface area contributed by atoms with Gasteiger partial charge in [-0.15, -0.1) is 28.2 Å². The summed E-state index contributed by atoms with van der Waals surface area (Å²) in [5.74, 6) is -1.35. The molecule has 15 nitrogen and oxygen atoms in total. The summed E-state index contributed by atoms with van der Waals surface area (Å²) in [7, 11) is 3.91. The molecule has 2 aliphatic rings. The number of ether oxygens (including phenoxy) is 2. The average Bonchev–Trinajstić information content (AvgIpc) is 3.64. The fraction of sp³-hybridized carbons (Fsp3) is 0.643. The van der Waals surface area contributed by atoms with Crippen molar-refractivity contribution in [2.45, 2.75) is 88.2 Å². The predicted molar refractivity (Wildman–Crippen MR) is 174 cm³/mol. The highest BCUT2D eigenvalue weighted by molar-refractivity contribution is 8.01. The van der Waals surface area contributed by atoms with Crippen LogP contribution in [0, 0.1) is 0 Å². The number of nitrogens with zero attached hydrogens (tertiary/aromatic N) is 7. The van der Waals surface area contributed by atoms with E-state index in [0.29, 0.717) is 46.0 Å². The second-order valence-corrected chi connectivity index (χ2v) is 14.1. The zero-order valence-electron chi connectivity index (χ0n) is 26.5. The average molecular weight is 696 g/mol. The number of nitrogens with one attached hydrogen (secondary N) is 1. The molecule has 3 N–H and O–H groups in total. The van der Waals surface area contributed by atoms with Crippen LogP contribution in [0.3, 0.4) is 0 Å². The van der Waals surface area contributed by atoms with Crippen molar-refractivity contribution in [3.63, 3.8) is 0 Å². The zero-order valence-corrected chi connectivity index (χ0v) is 28.9. The van der Waals surface area contributed by atoms with Gasteiger partial charge in [0.15, 0.2) is 5.13 Å². The minimum absolute atomic E-state index is 0.0223. The maximum atomic E-state index is 13.6. The van der Waals surface area contributed by atoms with E-state index in [9.17, 15) is 19.2 Å². The van der Waals surface area contributed by atoms with E-state index in [1.807, 2.05) is 19.0 Å². The fourth-order valence-electron chi connectivity index (χ4n) is 4.81. The van der Waals surface area contributed by atoms with Crippen molar-refractivity contribution in [1.29, 1.82) is 0 Å². The molecule has 46 heavy (non-hydrogen) atoms. The van der Waals surface area contributed by atoms with Crippen molar-refractivity contribution in [3.8, 4) is 0 Å². The molecule has 2 aromatic rings. The normalized spacial score (nSPS) is 18.3. The van der Waals surface area contributed by atoms with E-state index in [-0.39, 0.29) is 24.4 Å². The molecule has 1 unspecified atom stereocenters. The summed E-state index contributed by atoms with van der Waals surface area (Å²) in [6, 6.07) is -0.827. The number of nitrogens with two attached hydrogens (primary N) is 1. The molecule has 252 valence electrons. The molecule has 1 saturated heterocycles. The van der Waals surface area contributed by atoms with Crippen LogP contribution in [-0.4, -0.2) is 109 Å². The van der Waals surface area contributed by atoms with E-state index in [2.05, 4.69) is 32.7 Å². The summed E-state index contributed by atoms with van der Waals surface area (Å²) in [5.41, 5.74) is 6.90. The lowest BCUT2D eigenvalue weighted by Crippen LogP contribution is -2.70. The molecule has 4 rings (SSSR count). The van der Waals surface area contributed by atoms with E-state index in [1.54, 1.807) is 10.1 Å². The van der Waals surface area contributed by atoms with Crippen molar-refractivity contribution in [3.05, 3.63) is 22.3 Å². The van der Waals surface area contributed by atoms with E-state index in [0.717, 1.165) is 32.2 Å². The van der Waals surface area contributed by atoms with Crippen molar-refractivity contribution in [2.75, 3.05) is 37.9 Å². The van der Waals surface area contributed by atoms with Gasteiger partial charge < -0.3 is 25.4 Å². The smallest absolute Gasteiger partial charge is 0.358 e. The number of rotatable bonds is 18. The number of tetrazole rings is 1. The molecule has 0 saturated carbocycles. The number of anilines is 1. The molecule has 3 atom stereocenters. The van der Waals surface area contributed by atoms with E-state index < -0.39 is 35.6 Å². The summed E-state index contributed by atoms with van der Waals surface area (Å²) in [5, 5.41) is 16.8. The van der Waals surface area contributed by atoms with Crippen molar-refractivity contribution in [1.82, 2.24) is 40.3 Å². The minimum Gasteiger partial charge on any atom is -0.425 e. The molecule has 2 aliphatic heterocycles. The molecule has 2 aromatic heterocycles. The van der Waals surface area contributed by atoms with Gasteiger partial charge >= 0.3 is 11.9 Å². The first-order chi connectivity index (χ1) is 22.1. The summed E-state index contributed by atoms with van der Waals surface area (Å²) in [6.45, 7) is 4.91. The van der Waals surface area contributed by atoms with Crippen LogP contribution in [0.1, 0.15) is 58.1 Å². The number of carbonyl (C=O) groups is 4. The molecule has 0 radical (unpaired) electrons. The summed E-state index contributed by atoms with van der Waals surface area (Å²) >= 11 is 4.01. The van der Waals surface area contributed by atoms with E-state index in [1.165, 1.54) is 46.7 Å². The number of hydrogen-bond acceptors (Lipinski definition) is 15. The Morgan fingerprint density at radius 2 is 2.00 bits per heavy atom. The Morgan fingerprint density at radius 3 is 2.72 bits per heavy atom. The van der Waals surface area contributed by atoms with Gasteiger partial charge in [-0.2, -0.15) is 0 Å². The van der Waals surface area contributed by atoms with Crippen molar-refractivity contribution < 1.29 is 28.7 Å². The molecule has 0 aliphatic carbocycles. The van der Waals surface area contributed by atoms with Gasteiger partial charge in [-0.1, -0.05) is 44.4 Å². The zero-order chi connectivity index (χ0) is 33.2. The molecule has 4 heterocycles. The highest BCUT2D eigenvalue weighted by atomic mass is 32.2. The highest BCUT2D eigenvalue weighted by Gasteiger charge is 2.54. The molecule has 2 amide bonds. The minimum atomic E-state index is -1.15. The molecule has 1 fully saturated rings. The lowest BCUT2D eigenvalue weighted by Gasteiger charge is -2.49. The molecular weight excluding hydrogens is 655 g/mol. The number of likely N-dealkylation sites (N-methyl/N-ethyl adjacent to an activating group) is 1. The van der Waals surface area contributed by atoms with Crippen LogP contribution in [0.2, 0.25) is 0 Å². The van der Waals surface area contributed by atoms with Gasteiger partial charge in [-0.3, -0.25) is 19.3 Å². The maximum absolute atomic E-state index is 13.6. The van der Waals surface area contributed by atoms with Gasteiger partial charge in [0.1, 0.15) is 17.1 Å². The molecule has 18 heteroatoms. The number of nitrogen functional groups attached to an aromatic ring is 1. The van der Waals surface area contributed by atoms with Crippen LogP contribution in [0.25, 0.3) is 0 Å². The second kappa shape index (κ2) is 17.1. The van der Waals surface area contributed by atoms with Crippen molar-refractivity contribution in [2.24, 2.45) is 0 Å². The molecule has 0 spiro atoms. The van der Waals surface area contributed by atoms with Gasteiger partial charge in [-0.05, 0) is 36.5 Å². The molecule has 0 bridgehead atoms. The SMILES string of the molecule is CCCCCCCC(=O)OC(C)OC(=O)C1=C(CSc2nnnn2CCN(C)C)CS[C@@H]2[C@H](NC(=O)Cc3csc(N)n3)C(=O)N12. The Labute approximate surface area is 280 Å². The Balaban J connectivity index is 1.44. The van der Waals surface area contributed by atoms with Crippen LogP contribution in [0.5, 0.6) is 0 Å². The monoisotopic (exact) mass is 695 g/mol. The third-order valence-electron chi connectivity index (χ3n) is 7.16. The number of thiazole rings is 1. The van der Waals surface area contributed by atoms with Crippen molar-refractivity contribution >= 4 is 63.7 Å². The first-order valence-electron chi connectivity index (χ1n) is 15.2. The van der Waals surface area contributed by atoms with Gasteiger partial charge in [-0.25, -0.2) is 14.5 Å². The summed E-state index contributed by atoms with van der Waals surface area (Å²) in [6.07, 6.45) is 3.96. The number of thioether (sulfide) groups is 2. The molecule has 0 aromatic carbocycles. The number of β-lactam (4-membered cyclic amide) rings is 1. The van der Waals surface area contributed by atoms with Gasteiger partial charge in [0, 0.05) is 36.8 Å². The van der Waals surface area contributed by atoms with E-state index in [4.69, 9.17) is 15.2 Å². The lowest BCUT2D eigenvalue weighted by atomic mass is 10.0. The number of amides is 2. The van der Waals surface area contributed by atoms with Crippen LogP contribution >= 0.6 is 34.9 Å². The predicted octanol–water partition coefficient (Wildman–Crippen LogP) is 2.06. The number of carbonyl (C=O) groups excluding carboxylic acids is 4. The first-order valence-corrected chi connectivity index (χ1v) is 18.1. The summed E-state index contributed by atoms with van der Waals surface area (Å²) < 4.78 is 12.6. The van der Waals surface area contributed by atoms with Gasteiger partial charge in [0.05, 0.1) is 18.7 Å². The van der Waals surface area contributed by atoms with Crippen LogP contribution in [0.15, 0.2) is 21.8 Å². The highest BCUT2D eigenvalue weighted by Crippen LogP contribution is 2.42. The quantitative estimate of drug-likeness (QED) is 0.0758. The standard InChI is InChI=1S/C28H41N9O6S3/c1-5-6-7-8-9-10-21(39)42-17(2)43-26(41)23-18(15-46-28-32-33-34-36(28)12-11-35(3)4)14-44-25-22(24(40)37(23)25)31-20(38)13-19-16-45-27(29)30-19/h16-17,22,25H,5-15H2,1-4H3,(H2,29,30)(H,31,38)/t17?,22-,25-/m1/s1. The summed E-state index contributed by atoms with van der Waals surface area (Å²) in [4.78, 5) is 59.6. The lowest BCUT2D eigenvalue weighted by molar-refractivity contribution is -0.184. The Bertz CT molecular complexity index is 1410. The number of aromatic nitrogens is 5. The number of hydrogen-bond donors (Lipinski definition) is 2. The Hall–Kier alpha value is -3.22. The third-order valence-corrected chi connectivity index (χ3v) is 10.3. The molecular formula is C28H41N9O6S3. The Morgan fingerprint density at radius 1 is 1.22 bits per heavy atom. The third kappa shape index (κ3) is 9.65. The van der Waals surface area contributed by atoms with Crippen LogP contribution in [-0.2, 0) is 41.6 Å². The van der Waals surface area contributed by atoms with Gasteiger partial charge in [0.25, 0.3) is 5.91 Å².